The molecule has 1 aromatic rings. The third kappa shape index (κ3) is 4.77. The molecule has 20 heavy (non-hydrogen) atoms. The third-order valence-corrected chi connectivity index (χ3v) is 4.04. The highest BCUT2D eigenvalue weighted by molar-refractivity contribution is 7.07. The highest BCUT2D eigenvalue weighted by atomic mass is 32.1. The Kier molecular flexibility index (Phi) is 6.29. The molecule has 2 amide bonds. The van der Waals surface area contributed by atoms with Gasteiger partial charge in [0.15, 0.2) is 0 Å². The van der Waals surface area contributed by atoms with Crippen molar-refractivity contribution in [1.82, 2.24) is 10.2 Å². The van der Waals surface area contributed by atoms with Crippen LogP contribution in [0, 0.1) is 0 Å². The Morgan fingerprint density at radius 2 is 2.55 bits per heavy atom. The summed E-state index contributed by atoms with van der Waals surface area (Å²) in [5.74, 6) is 0. The van der Waals surface area contributed by atoms with E-state index in [1.165, 1.54) is 0 Å². The van der Waals surface area contributed by atoms with Gasteiger partial charge in [0.1, 0.15) is 0 Å². The molecule has 0 saturated carbocycles. The van der Waals surface area contributed by atoms with Gasteiger partial charge in [-0.25, -0.2) is 4.79 Å². The summed E-state index contributed by atoms with van der Waals surface area (Å²) in [6.45, 7) is 3.14. The van der Waals surface area contributed by atoms with Crippen LogP contribution in [0.15, 0.2) is 16.8 Å². The normalized spacial score (nSPS) is 18.1. The topological polar surface area (TPSA) is 50.8 Å². The van der Waals surface area contributed by atoms with Crippen LogP contribution in [0.3, 0.4) is 0 Å². The summed E-state index contributed by atoms with van der Waals surface area (Å²) in [5, 5.41) is 7.04. The molecule has 1 aromatic heterocycles. The number of thiophene rings is 1. The first-order chi connectivity index (χ1) is 9.79. The Balaban J connectivity index is 1.82. The van der Waals surface area contributed by atoms with E-state index in [-0.39, 0.29) is 12.1 Å². The lowest BCUT2D eigenvalue weighted by molar-refractivity contribution is 0.106. The molecule has 1 fully saturated rings. The van der Waals surface area contributed by atoms with Crippen molar-refractivity contribution in [3.63, 3.8) is 0 Å². The molecule has 5 nitrogen and oxygen atoms in total. The zero-order valence-electron chi connectivity index (χ0n) is 11.8. The number of hydrogen-bond donors (Lipinski definition) is 1. The van der Waals surface area contributed by atoms with E-state index in [9.17, 15) is 4.79 Å². The van der Waals surface area contributed by atoms with Gasteiger partial charge in [0.25, 0.3) is 0 Å². The highest BCUT2D eigenvalue weighted by Gasteiger charge is 2.19. The van der Waals surface area contributed by atoms with E-state index in [1.54, 1.807) is 23.3 Å². The largest absolute Gasteiger partial charge is 0.383 e. The molecule has 2 heterocycles. The zero-order valence-corrected chi connectivity index (χ0v) is 12.7. The van der Waals surface area contributed by atoms with Gasteiger partial charge in [-0.1, -0.05) is 0 Å². The minimum absolute atomic E-state index is 0.0521. The monoisotopic (exact) mass is 298 g/mol. The van der Waals surface area contributed by atoms with Crippen LogP contribution in [0.25, 0.3) is 0 Å². The lowest BCUT2D eigenvalue weighted by Gasteiger charge is -2.23. The van der Waals surface area contributed by atoms with Crippen LogP contribution in [0.1, 0.15) is 18.4 Å². The Labute approximate surface area is 123 Å². The van der Waals surface area contributed by atoms with Gasteiger partial charge in [-0.2, -0.15) is 11.3 Å². The molecule has 1 aliphatic rings. The van der Waals surface area contributed by atoms with Gasteiger partial charge < -0.3 is 19.7 Å². The van der Waals surface area contributed by atoms with Gasteiger partial charge in [0.05, 0.1) is 12.7 Å². The smallest absolute Gasteiger partial charge is 0.317 e. The minimum Gasteiger partial charge on any atom is -0.383 e. The van der Waals surface area contributed by atoms with Gasteiger partial charge in [0.2, 0.25) is 0 Å². The molecule has 1 atom stereocenters. The molecule has 0 bridgehead atoms. The van der Waals surface area contributed by atoms with E-state index in [0.717, 1.165) is 25.0 Å². The van der Waals surface area contributed by atoms with Crippen molar-refractivity contribution in [1.29, 1.82) is 0 Å². The first kappa shape index (κ1) is 15.3. The van der Waals surface area contributed by atoms with Crippen LogP contribution >= 0.6 is 11.3 Å². The molecule has 1 saturated heterocycles. The van der Waals surface area contributed by atoms with Crippen LogP contribution in [-0.4, -0.2) is 50.4 Å². The van der Waals surface area contributed by atoms with Crippen molar-refractivity contribution in [2.75, 3.05) is 33.4 Å². The number of rotatable bonds is 7. The number of hydrogen-bond acceptors (Lipinski definition) is 4. The molecule has 1 unspecified atom stereocenters. The summed E-state index contributed by atoms with van der Waals surface area (Å²) >= 11 is 1.64. The van der Waals surface area contributed by atoms with E-state index < -0.39 is 0 Å². The predicted octanol–water partition coefficient (Wildman–Crippen LogP) is 2.09. The van der Waals surface area contributed by atoms with E-state index in [0.29, 0.717) is 26.2 Å². The predicted molar refractivity (Wildman–Crippen MR) is 79.0 cm³/mol. The van der Waals surface area contributed by atoms with Crippen LogP contribution in [0.5, 0.6) is 0 Å². The third-order valence-electron chi connectivity index (χ3n) is 3.31. The maximum Gasteiger partial charge on any atom is 0.317 e. The Hall–Kier alpha value is -1.11. The maximum atomic E-state index is 12.2. The number of carbonyl (C=O) groups is 1. The summed E-state index contributed by atoms with van der Waals surface area (Å²) in [6, 6.07) is 1.99. The van der Waals surface area contributed by atoms with E-state index in [1.807, 2.05) is 11.4 Å². The van der Waals surface area contributed by atoms with Crippen LogP contribution < -0.4 is 5.32 Å². The second-order valence-electron chi connectivity index (χ2n) is 4.87. The summed E-state index contributed by atoms with van der Waals surface area (Å²) in [6.07, 6.45) is 2.29. The van der Waals surface area contributed by atoms with E-state index in [4.69, 9.17) is 9.47 Å². The summed E-state index contributed by atoms with van der Waals surface area (Å²) in [5.41, 5.74) is 1.15. The number of nitrogens with zero attached hydrogens (tertiary/aromatic N) is 1. The first-order valence-electron chi connectivity index (χ1n) is 6.94. The lowest BCUT2D eigenvalue weighted by Crippen LogP contribution is -2.43. The molecule has 1 aliphatic heterocycles. The molecule has 112 valence electrons. The maximum absolute atomic E-state index is 12.2. The minimum atomic E-state index is -0.0521. The molecule has 2 rings (SSSR count). The van der Waals surface area contributed by atoms with Crippen molar-refractivity contribution < 1.29 is 14.3 Å². The fourth-order valence-corrected chi connectivity index (χ4v) is 2.83. The molecule has 6 heteroatoms. The quantitative estimate of drug-likeness (QED) is 0.838. The second kappa shape index (κ2) is 8.24. The van der Waals surface area contributed by atoms with Gasteiger partial charge >= 0.3 is 6.03 Å². The molecular formula is C14H22N2O3S. The highest BCUT2D eigenvalue weighted by Crippen LogP contribution is 2.12. The number of amides is 2. The van der Waals surface area contributed by atoms with Crippen molar-refractivity contribution in [3.05, 3.63) is 22.4 Å². The molecule has 0 aliphatic carbocycles. The second-order valence-corrected chi connectivity index (χ2v) is 5.65. The van der Waals surface area contributed by atoms with E-state index in [2.05, 4.69) is 10.7 Å². The van der Waals surface area contributed by atoms with Crippen molar-refractivity contribution >= 4 is 17.4 Å². The number of ether oxygens (including phenoxy) is 2. The van der Waals surface area contributed by atoms with Gasteiger partial charge in [0, 0.05) is 33.4 Å². The van der Waals surface area contributed by atoms with Gasteiger partial charge in [-0.3, -0.25) is 0 Å². The number of methoxy groups -OCH3 is 1. The molecular weight excluding hydrogens is 276 g/mol. The van der Waals surface area contributed by atoms with Crippen molar-refractivity contribution in [3.8, 4) is 0 Å². The average Bonchev–Trinajstić information content (AvgIpc) is 3.13. The average molecular weight is 298 g/mol. The van der Waals surface area contributed by atoms with Gasteiger partial charge in [-0.15, -0.1) is 0 Å². The van der Waals surface area contributed by atoms with Crippen molar-refractivity contribution in [2.24, 2.45) is 0 Å². The Bertz CT molecular complexity index is 391. The number of carbonyl (C=O) groups excluding carboxylic acids is 1. The fourth-order valence-electron chi connectivity index (χ4n) is 2.18. The zero-order chi connectivity index (χ0) is 14.2. The summed E-state index contributed by atoms with van der Waals surface area (Å²) in [4.78, 5) is 14.0. The molecule has 1 N–H and O–H groups in total. The Morgan fingerprint density at radius 1 is 1.65 bits per heavy atom. The summed E-state index contributed by atoms with van der Waals surface area (Å²) in [7, 11) is 1.65. The van der Waals surface area contributed by atoms with Crippen LogP contribution in [-0.2, 0) is 16.0 Å². The van der Waals surface area contributed by atoms with E-state index >= 15 is 0 Å². The van der Waals surface area contributed by atoms with Crippen LogP contribution in [0.2, 0.25) is 0 Å². The van der Waals surface area contributed by atoms with Crippen molar-refractivity contribution in [2.45, 2.75) is 25.5 Å². The lowest BCUT2D eigenvalue weighted by atomic mass is 10.2. The van der Waals surface area contributed by atoms with Crippen LogP contribution in [0.4, 0.5) is 4.79 Å². The first-order valence-corrected chi connectivity index (χ1v) is 7.88. The molecule has 0 spiro atoms. The summed E-state index contributed by atoms with van der Waals surface area (Å²) < 4.78 is 10.6. The molecule has 0 aromatic carbocycles. The number of nitrogens with one attached hydrogen (secondary N) is 1. The Morgan fingerprint density at radius 3 is 3.20 bits per heavy atom. The van der Waals surface area contributed by atoms with Gasteiger partial charge in [-0.05, 0) is 35.2 Å². The molecule has 0 radical (unpaired) electrons. The fraction of sp³-hybridized carbons (Fsp3) is 0.643. The SMILES string of the molecule is COCCN(Cc1ccsc1)C(=O)NCC1CCCO1. The standard InChI is InChI=1S/C14H22N2O3S/c1-18-7-5-16(10-12-4-8-20-11-12)14(17)15-9-13-3-2-6-19-13/h4,8,11,13H,2-3,5-7,9-10H2,1H3,(H,15,17). The number of urea groups is 1.